The highest BCUT2D eigenvalue weighted by Gasteiger charge is 2.22. The molecule has 32 heavy (non-hydrogen) atoms. The molecule has 3 aromatic heterocycles. The zero-order valence-electron chi connectivity index (χ0n) is 17.1. The van der Waals surface area contributed by atoms with Crippen LogP contribution in [0.15, 0.2) is 55.0 Å². The van der Waals surface area contributed by atoms with Crippen molar-refractivity contribution in [2.75, 3.05) is 23.3 Å². The number of carbonyl (C=O) groups is 1. The van der Waals surface area contributed by atoms with Crippen molar-refractivity contribution in [1.29, 1.82) is 0 Å². The molecule has 162 valence electrons. The maximum atomic E-state index is 13.9. The summed E-state index contributed by atoms with van der Waals surface area (Å²) in [6.45, 7) is 1.74. The Labute approximate surface area is 182 Å². The molecule has 0 saturated carbocycles. The summed E-state index contributed by atoms with van der Waals surface area (Å²) in [5.41, 5.74) is 2.05. The predicted octanol–water partition coefficient (Wildman–Crippen LogP) is 4.81. The molecule has 0 bridgehead atoms. The fourth-order valence-electron chi connectivity index (χ4n) is 3.97. The first-order chi connectivity index (χ1) is 15.6. The van der Waals surface area contributed by atoms with Crippen LogP contribution in [0.1, 0.15) is 35.2 Å². The Bertz CT molecular complexity index is 1270. The molecule has 1 amide bonds. The molecular weight excluding hydrogens is 414 g/mol. The summed E-state index contributed by atoms with van der Waals surface area (Å²) in [6, 6.07) is 10.2. The van der Waals surface area contributed by atoms with Gasteiger partial charge in [-0.3, -0.25) is 9.78 Å². The smallest absolute Gasteiger partial charge is 0.264 e. The lowest BCUT2D eigenvalue weighted by Gasteiger charge is -2.19. The van der Waals surface area contributed by atoms with Crippen LogP contribution in [0.2, 0.25) is 0 Å². The maximum absolute atomic E-state index is 13.9. The van der Waals surface area contributed by atoms with Crippen molar-refractivity contribution in [2.24, 2.45) is 0 Å². The zero-order valence-corrected chi connectivity index (χ0v) is 17.1. The predicted molar refractivity (Wildman–Crippen MR) is 118 cm³/mol. The van der Waals surface area contributed by atoms with Crippen molar-refractivity contribution in [2.45, 2.75) is 19.3 Å². The Morgan fingerprint density at radius 3 is 2.72 bits per heavy atom. The number of nitrogens with one attached hydrogen (secondary N) is 2. The standard InChI is InChI=1S/C23H20F2N6O/c24-21(25)16-11-14(31-9-3-4-10-31)6-7-15(16)22-28-18-13-26-12-17(20(18)30-22)23(32)29-19-5-1-2-8-27-19/h1-2,5-8,11-13,21H,3-4,9-10H2,(H,28,30)(H,27,29,32). The molecule has 1 aliphatic heterocycles. The number of H-pyrrole nitrogens is 1. The summed E-state index contributed by atoms with van der Waals surface area (Å²) in [7, 11) is 0. The topological polar surface area (TPSA) is 86.8 Å². The van der Waals surface area contributed by atoms with Gasteiger partial charge in [-0.05, 0) is 43.2 Å². The van der Waals surface area contributed by atoms with Crippen LogP contribution in [0.25, 0.3) is 22.4 Å². The number of pyridine rings is 2. The van der Waals surface area contributed by atoms with Crippen LogP contribution in [0, 0.1) is 0 Å². The summed E-state index contributed by atoms with van der Waals surface area (Å²) in [4.78, 5) is 30.6. The van der Waals surface area contributed by atoms with Crippen molar-refractivity contribution in [3.05, 3.63) is 66.1 Å². The van der Waals surface area contributed by atoms with Gasteiger partial charge in [0.05, 0.1) is 17.3 Å². The third kappa shape index (κ3) is 3.77. The Morgan fingerprint density at radius 1 is 1.12 bits per heavy atom. The van der Waals surface area contributed by atoms with Crippen LogP contribution in [0.3, 0.4) is 0 Å². The number of alkyl halides is 2. The number of rotatable bonds is 5. The summed E-state index contributed by atoms with van der Waals surface area (Å²) in [6.07, 6.45) is 3.95. The molecular formula is C23H20F2N6O. The number of aromatic nitrogens is 4. The fraction of sp³-hybridized carbons (Fsp3) is 0.217. The lowest BCUT2D eigenvalue weighted by molar-refractivity contribution is 0.102. The average Bonchev–Trinajstić information content (AvgIpc) is 3.49. The molecule has 2 N–H and O–H groups in total. The minimum atomic E-state index is -2.66. The molecule has 4 heterocycles. The molecule has 9 heteroatoms. The second-order valence-corrected chi connectivity index (χ2v) is 7.60. The molecule has 5 rings (SSSR count). The van der Waals surface area contributed by atoms with Gasteiger partial charge in [0.25, 0.3) is 12.3 Å². The SMILES string of the molecule is O=C(Nc1ccccn1)c1cncc2[nH]c(-c3ccc(N4CCCC4)cc3C(F)F)nc12. The monoisotopic (exact) mass is 434 g/mol. The van der Waals surface area contributed by atoms with E-state index >= 15 is 0 Å². The molecule has 0 unspecified atom stereocenters. The number of hydrogen-bond donors (Lipinski definition) is 2. The number of anilines is 2. The Hall–Kier alpha value is -3.88. The van der Waals surface area contributed by atoms with Gasteiger partial charge in [-0.2, -0.15) is 0 Å². The van der Waals surface area contributed by atoms with Gasteiger partial charge in [0, 0.05) is 42.3 Å². The zero-order chi connectivity index (χ0) is 22.1. The molecule has 1 fully saturated rings. The summed E-state index contributed by atoms with van der Waals surface area (Å²) < 4.78 is 27.9. The Balaban J connectivity index is 1.53. The Morgan fingerprint density at radius 2 is 1.97 bits per heavy atom. The van der Waals surface area contributed by atoms with Gasteiger partial charge >= 0.3 is 0 Å². The second kappa shape index (κ2) is 8.33. The molecule has 4 aromatic rings. The van der Waals surface area contributed by atoms with Crippen molar-refractivity contribution in [3.63, 3.8) is 0 Å². The minimum absolute atomic E-state index is 0.0964. The number of nitrogens with zero attached hydrogens (tertiary/aromatic N) is 4. The molecule has 0 spiro atoms. The number of aromatic amines is 1. The number of amides is 1. The van der Waals surface area contributed by atoms with E-state index in [1.54, 1.807) is 30.5 Å². The number of halogens is 2. The number of carbonyl (C=O) groups excluding carboxylic acids is 1. The van der Waals surface area contributed by atoms with E-state index in [1.807, 2.05) is 6.07 Å². The second-order valence-electron chi connectivity index (χ2n) is 7.60. The Kier molecular flexibility index (Phi) is 5.22. The molecule has 1 saturated heterocycles. The van der Waals surface area contributed by atoms with Gasteiger partial charge in [-0.15, -0.1) is 0 Å². The highest BCUT2D eigenvalue weighted by molar-refractivity contribution is 6.11. The maximum Gasteiger partial charge on any atom is 0.264 e. The highest BCUT2D eigenvalue weighted by atomic mass is 19.3. The van der Waals surface area contributed by atoms with E-state index in [1.165, 1.54) is 18.5 Å². The van der Waals surface area contributed by atoms with Crippen molar-refractivity contribution >= 4 is 28.4 Å². The van der Waals surface area contributed by atoms with Gasteiger partial charge in [-0.1, -0.05) is 6.07 Å². The van der Waals surface area contributed by atoms with E-state index in [0.717, 1.165) is 31.6 Å². The van der Waals surface area contributed by atoms with Crippen LogP contribution in [-0.2, 0) is 0 Å². The average molecular weight is 434 g/mol. The van der Waals surface area contributed by atoms with Crippen LogP contribution in [0.4, 0.5) is 20.3 Å². The lowest BCUT2D eigenvalue weighted by Crippen LogP contribution is -2.17. The minimum Gasteiger partial charge on any atom is -0.372 e. The van der Waals surface area contributed by atoms with E-state index in [9.17, 15) is 13.6 Å². The van der Waals surface area contributed by atoms with Crippen molar-refractivity contribution in [1.82, 2.24) is 19.9 Å². The van der Waals surface area contributed by atoms with Gasteiger partial charge in [0.1, 0.15) is 17.2 Å². The first kappa shape index (κ1) is 20.0. The summed E-state index contributed by atoms with van der Waals surface area (Å²) in [5.74, 6) is 0.226. The normalized spacial score (nSPS) is 13.8. The third-order valence-electron chi connectivity index (χ3n) is 5.54. The first-order valence-corrected chi connectivity index (χ1v) is 10.3. The number of hydrogen-bond acceptors (Lipinski definition) is 5. The molecule has 1 aromatic carbocycles. The number of benzene rings is 1. The van der Waals surface area contributed by atoms with Crippen LogP contribution >= 0.6 is 0 Å². The van der Waals surface area contributed by atoms with E-state index < -0.39 is 12.3 Å². The summed E-state index contributed by atoms with van der Waals surface area (Å²) in [5, 5.41) is 2.70. The fourth-order valence-corrected chi connectivity index (χ4v) is 3.97. The van der Waals surface area contributed by atoms with Gasteiger partial charge in [0.15, 0.2) is 0 Å². The van der Waals surface area contributed by atoms with E-state index in [-0.39, 0.29) is 17.0 Å². The largest absolute Gasteiger partial charge is 0.372 e. The van der Waals surface area contributed by atoms with E-state index in [2.05, 4.69) is 30.2 Å². The lowest BCUT2D eigenvalue weighted by atomic mass is 10.1. The van der Waals surface area contributed by atoms with Gasteiger partial charge in [-0.25, -0.2) is 18.7 Å². The molecule has 1 aliphatic rings. The quantitative estimate of drug-likeness (QED) is 0.471. The van der Waals surface area contributed by atoms with Crippen LogP contribution in [-0.4, -0.2) is 38.9 Å². The number of fused-ring (bicyclic) bond motifs is 1. The third-order valence-corrected chi connectivity index (χ3v) is 5.54. The highest BCUT2D eigenvalue weighted by Crippen LogP contribution is 2.35. The van der Waals surface area contributed by atoms with E-state index in [0.29, 0.717) is 22.4 Å². The van der Waals surface area contributed by atoms with Crippen molar-refractivity contribution < 1.29 is 13.6 Å². The molecule has 0 atom stereocenters. The van der Waals surface area contributed by atoms with Crippen LogP contribution in [0.5, 0.6) is 0 Å². The first-order valence-electron chi connectivity index (χ1n) is 10.3. The van der Waals surface area contributed by atoms with Gasteiger partial charge < -0.3 is 15.2 Å². The molecule has 0 aliphatic carbocycles. The molecule has 7 nitrogen and oxygen atoms in total. The summed E-state index contributed by atoms with van der Waals surface area (Å²) >= 11 is 0. The van der Waals surface area contributed by atoms with E-state index in [4.69, 9.17) is 0 Å². The van der Waals surface area contributed by atoms with Crippen molar-refractivity contribution in [3.8, 4) is 11.4 Å². The molecule has 0 radical (unpaired) electrons. The number of imidazole rings is 1. The van der Waals surface area contributed by atoms with Gasteiger partial charge in [0.2, 0.25) is 0 Å². The van der Waals surface area contributed by atoms with Crippen LogP contribution < -0.4 is 10.2 Å².